The van der Waals surface area contributed by atoms with E-state index in [0.29, 0.717) is 5.82 Å². The van der Waals surface area contributed by atoms with Crippen molar-refractivity contribution in [2.45, 2.75) is 13.8 Å². The first-order valence-corrected chi connectivity index (χ1v) is 10.1. The number of rotatable bonds is 4. The van der Waals surface area contributed by atoms with E-state index in [0.717, 1.165) is 44.8 Å². The Morgan fingerprint density at radius 1 is 0.806 bits per heavy atom. The summed E-state index contributed by atoms with van der Waals surface area (Å²) >= 11 is 0. The molecule has 0 aliphatic heterocycles. The summed E-state index contributed by atoms with van der Waals surface area (Å²) in [5.41, 5.74) is 13.4. The summed E-state index contributed by atoms with van der Waals surface area (Å²) in [6.45, 7) is 4.20. The van der Waals surface area contributed by atoms with Crippen LogP contribution in [0.1, 0.15) is 11.1 Å². The highest BCUT2D eigenvalue weighted by atomic mass is 16.5. The topological polar surface area (TPSA) is 76.8 Å². The highest BCUT2D eigenvalue weighted by molar-refractivity contribution is 6.06. The Kier molecular flexibility index (Phi) is 4.64. The lowest BCUT2D eigenvalue weighted by atomic mass is 9.99. The number of nitrogens with zero attached hydrogens (tertiary/aromatic N) is 2. The lowest BCUT2D eigenvalue weighted by Crippen LogP contribution is -1.92. The smallest absolute Gasteiger partial charge is 0.153 e. The molecule has 31 heavy (non-hydrogen) atoms. The van der Waals surface area contributed by atoms with Crippen LogP contribution in [0.25, 0.3) is 33.3 Å². The van der Waals surface area contributed by atoms with Gasteiger partial charge in [-0.3, -0.25) is 10.1 Å². The van der Waals surface area contributed by atoms with Gasteiger partial charge < -0.3 is 10.5 Å². The van der Waals surface area contributed by atoms with Crippen LogP contribution in [0.5, 0.6) is 11.5 Å². The molecular weight excluding hydrogens is 384 g/mol. The molecule has 3 aromatic carbocycles. The number of anilines is 1. The first kappa shape index (κ1) is 18.9. The van der Waals surface area contributed by atoms with Gasteiger partial charge in [0.25, 0.3) is 0 Å². The minimum Gasteiger partial charge on any atom is -0.457 e. The number of aromatic nitrogens is 3. The molecule has 0 atom stereocenters. The Labute approximate surface area is 180 Å². The van der Waals surface area contributed by atoms with E-state index in [1.807, 2.05) is 60.8 Å². The first-order valence-electron chi connectivity index (χ1n) is 10.1. The molecule has 3 N–H and O–H groups in total. The lowest BCUT2D eigenvalue weighted by molar-refractivity contribution is 0.483. The number of nitrogens with one attached hydrogen (secondary N) is 1. The van der Waals surface area contributed by atoms with Crippen molar-refractivity contribution < 1.29 is 4.74 Å². The molecule has 0 radical (unpaired) electrons. The molecule has 0 aliphatic rings. The fraction of sp³-hybridized carbons (Fsp3) is 0.0769. The second-order valence-corrected chi connectivity index (χ2v) is 7.62. The summed E-state index contributed by atoms with van der Waals surface area (Å²) in [6.07, 6.45) is 1.87. The second kappa shape index (κ2) is 7.61. The van der Waals surface area contributed by atoms with Gasteiger partial charge >= 0.3 is 0 Å². The SMILES string of the molecule is Cc1ccc(-c2ncc(-c3ccc(Oc4ccccc4)cc3)c3c(N)n[nH]c23)cc1C. The number of hydrogen-bond acceptors (Lipinski definition) is 4. The van der Waals surface area contributed by atoms with Crippen molar-refractivity contribution in [3.63, 3.8) is 0 Å². The molecule has 152 valence electrons. The number of aryl methyl sites for hydroxylation is 2. The highest BCUT2D eigenvalue weighted by Gasteiger charge is 2.16. The van der Waals surface area contributed by atoms with Gasteiger partial charge in [-0.05, 0) is 60.9 Å². The van der Waals surface area contributed by atoms with E-state index in [9.17, 15) is 0 Å². The molecule has 0 bridgehead atoms. The highest BCUT2D eigenvalue weighted by Crippen LogP contribution is 2.36. The number of benzene rings is 3. The standard InChI is InChI=1S/C26H22N4O/c1-16-8-9-19(14-17(16)2)24-25-23(26(27)30-29-25)22(15-28-24)18-10-12-21(13-11-18)31-20-6-4-3-5-7-20/h3-15H,1-2H3,(H3,27,29,30). The van der Waals surface area contributed by atoms with E-state index >= 15 is 0 Å². The van der Waals surface area contributed by atoms with E-state index in [-0.39, 0.29) is 0 Å². The van der Waals surface area contributed by atoms with Crippen molar-refractivity contribution in [3.8, 4) is 33.9 Å². The summed E-state index contributed by atoms with van der Waals surface area (Å²) in [4.78, 5) is 4.77. The Morgan fingerprint density at radius 2 is 1.52 bits per heavy atom. The lowest BCUT2D eigenvalue weighted by Gasteiger charge is -2.10. The minimum absolute atomic E-state index is 0.460. The van der Waals surface area contributed by atoms with Gasteiger partial charge in [0, 0.05) is 17.3 Å². The number of nitrogen functional groups attached to an aromatic ring is 1. The van der Waals surface area contributed by atoms with Gasteiger partial charge in [0.15, 0.2) is 5.82 Å². The van der Waals surface area contributed by atoms with Gasteiger partial charge in [0.2, 0.25) is 0 Å². The third-order valence-electron chi connectivity index (χ3n) is 5.55. The van der Waals surface area contributed by atoms with Crippen LogP contribution in [0, 0.1) is 13.8 Å². The molecule has 5 aromatic rings. The zero-order chi connectivity index (χ0) is 21.4. The third-order valence-corrected chi connectivity index (χ3v) is 5.55. The molecule has 2 aromatic heterocycles. The Balaban J connectivity index is 1.55. The maximum atomic E-state index is 6.25. The van der Waals surface area contributed by atoms with Gasteiger partial charge in [0.1, 0.15) is 11.5 Å². The van der Waals surface area contributed by atoms with Crippen LogP contribution in [-0.4, -0.2) is 15.2 Å². The van der Waals surface area contributed by atoms with Crippen LogP contribution in [-0.2, 0) is 0 Å². The predicted octanol–water partition coefficient (Wildman–Crippen LogP) is 6.28. The van der Waals surface area contributed by atoms with E-state index in [1.54, 1.807) is 0 Å². The number of nitrogens with two attached hydrogens (primary N) is 1. The molecule has 0 fully saturated rings. The predicted molar refractivity (Wildman–Crippen MR) is 125 cm³/mol. The third kappa shape index (κ3) is 3.51. The van der Waals surface area contributed by atoms with Crippen LogP contribution in [0.15, 0.2) is 79.0 Å². The van der Waals surface area contributed by atoms with Gasteiger partial charge in [-0.25, -0.2) is 0 Å². The van der Waals surface area contributed by atoms with Crippen LogP contribution in [0.3, 0.4) is 0 Å². The fourth-order valence-electron chi connectivity index (χ4n) is 3.71. The molecule has 0 saturated heterocycles. The molecule has 0 unspecified atom stereocenters. The number of hydrogen-bond donors (Lipinski definition) is 2. The first-order chi connectivity index (χ1) is 15.1. The zero-order valence-corrected chi connectivity index (χ0v) is 17.4. The van der Waals surface area contributed by atoms with Crippen molar-refractivity contribution in [1.29, 1.82) is 0 Å². The molecule has 5 nitrogen and oxygen atoms in total. The largest absolute Gasteiger partial charge is 0.457 e. The fourth-order valence-corrected chi connectivity index (χ4v) is 3.71. The second-order valence-electron chi connectivity index (χ2n) is 7.62. The molecule has 2 heterocycles. The Hall–Kier alpha value is -4.12. The summed E-state index contributed by atoms with van der Waals surface area (Å²) in [5, 5.41) is 8.23. The molecule has 0 aliphatic carbocycles. The quantitative estimate of drug-likeness (QED) is 0.368. The maximum Gasteiger partial charge on any atom is 0.153 e. The average Bonchev–Trinajstić information content (AvgIpc) is 3.18. The van der Waals surface area contributed by atoms with Crippen molar-refractivity contribution >= 4 is 16.7 Å². The maximum absolute atomic E-state index is 6.25. The van der Waals surface area contributed by atoms with Crippen LogP contribution < -0.4 is 10.5 Å². The summed E-state index contributed by atoms with van der Waals surface area (Å²) in [7, 11) is 0. The monoisotopic (exact) mass is 406 g/mol. The molecule has 5 heteroatoms. The van der Waals surface area contributed by atoms with E-state index in [4.69, 9.17) is 15.5 Å². The Bertz CT molecular complexity index is 1370. The number of pyridine rings is 1. The molecular formula is C26H22N4O. The molecule has 5 rings (SSSR count). The van der Waals surface area contributed by atoms with Gasteiger partial charge in [-0.2, -0.15) is 5.10 Å². The number of para-hydroxylation sites is 1. The zero-order valence-electron chi connectivity index (χ0n) is 17.4. The Morgan fingerprint density at radius 3 is 2.26 bits per heavy atom. The van der Waals surface area contributed by atoms with E-state index < -0.39 is 0 Å². The summed E-state index contributed by atoms with van der Waals surface area (Å²) in [6, 6.07) is 24.0. The van der Waals surface area contributed by atoms with Crippen molar-refractivity contribution in [2.24, 2.45) is 0 Å². The van der Waals surface area contributed by atoms with Gasteiger partial charge in [0.05, 0.1) is 16.6 Å². The number of aromatic amines is 1. The van der Waals surface area contributed by atoms with E-state index in [1.165, 1.54) is 11.1 Å². The number of fused-ring (bicyclic) bond motifs is 1. The minimum atomic E-state index is 0.460. The summed E-state index contributed by atoms with van der Waals surface area (Å²) < 4.78 is 5.90. The molecule has 0 amide bonds. The summed E-state index contributed by atoms with van der Waals surface area (Å²) in [5.74, 6) is 2.03. The molecule has 0 spiro atoms. The van der Waals surface area contributed by atoms with Crippen molar-refractivity contribution in [3.05, 3.63) is 90.1 Å². The number of ether oxygens (including phenoxy) is 1. The van der Waals surface area contributed by atoms with Crippen molar-refractivity contribution in [2.75, 3.05) is 5.73 Å². The van der Waals surface area contributed by atoms with Gasteiger partial charge in [-0.15, -0.1) is 0 Å². The molecule has 0 saturated carbocycles. The van der Waals surface area contributed by atoms with Crippen LogP contribution >= 0.6 is 0 Å². The van der Waals surface area contributed by atoms with Crippen LogP contribution in [0.2, 0.25) is 0 Å². The average molecular weight is 406 g/mol. The van der Waals surface area contributed by atoms with E-state index in [2.05, 4.69) is 42.2 Å². The number of H-pyrrole nitrogens is 1. The van der Waals surface area contributed by atoms with Crippen LogP contribution in [0.4, 0.5) is 5.82 Å². The normalized spacial score (nSPS) is 11.0. The van der Waals surface area contributed by atoms with Crippen molar-refractivity contribution in [1.82, 2.24) is 15.2 Å². The van der Waals surface area contributed by atoms with Gasteiger partial charge in [-0.1, -0.05) is 42.5 Å².